The van der Waals surface area contributed by atoms with E-state index in [1.165, 1.54) is 0 Å². The molecule has 3 nitrogen and oxygen atoms in total. The van der Waals surface area contributed by atoms with Crippen LogP contribution in [0.2, 0.25) is 0 Å². The van der Waals surface area contributed by atoms with E-state index >= 15 is 0 Å². The minimum absolute atomic E-state index is 0. The molecule has 0 fully saturated rings. The summed E-state index contributed by atoms with van der Waals surface area (Å²) in [7, 11) is 0. The van der Waals surface area contributed by atoms with Crippen LogP contribution in [0.25, 0.3) is 0 Å². The van der Waals surface area contributed by atoms with Gasteiger partial charge < -0.3 is 5.73 Å². The lowest BCUT2D eigenvalue weighted by molar-refractivity contribution is 0.894. The number of hydrogen-bond donors (Lipinski definition) is 1. The Labute approximate surface area is 76.4 Å². The first kappa shape index (κ1) is 10.8. The Balaban J connectivity index is 0.000001000. The van der Waals surface area contributed by atoms with Crippen molar-refractivity contribution in [1.82, 2.24) is 10.2 Å². The van der Waals surface area contributed by atoms with Crippen LogP contribution in [0.3, 0.4) is 0 Å². The number of aromatic nitrogens is 2. The molecule has 0 unspecified atom stereocenters. The lowest BCUT2D eigenvalue weighted by Gasteiger charge is -1.84. The molecule has 2 N–H and O–H groups in total. The zero-order valence-corrected chi connectivity index (χ0v) is 8.04. The van der Waals surface area contributed by atoms with Crippen LogP contribution in [-0.2, 0) is 12.8 Å². The van der Waals surface area contributed by atoms with Crippen molar-refractivity contribution in [1.29, 1.82) is 0 Å². The summed E-state index contributed by atoms with van der Waals surface area (Å²) in [4.78, 5) is 0. The molecule has 0 saturated carbocycles. The van der Waals surface area contributed by atoms with Crippen LogP contribution in [0.15, 0.2) is 0 Å². The number of rotatable bonds is 3. The Kier molecular flexibility index (Phi) is 5.36. The first-order chi connectivity index (χ1) is 4.86. The number of nitrogens with zero attached hydrogens (tertiary/aromatic N) is 2. The van der Waals surface area contributed by atoms with Gasteiger partial charge in [0.2, 0.25) is 0 Å². The van der Waals surface area contributed by atoms with Crippen LogP contribution in [-0.4, -0.2) is 16.7 Å². The van der Waals surface area contributed by atoms with Crippen molar-refractivity contribution in [2.24, 2.45) is 5.73 Å². The number of aryl methyl sites for hydroxylation is 1. The molecule has 5 heteroatoms. The SMILES string of the molecule is CCc1nnc(CCN)s1.Cl. The summed E-state index contributed by atoms with van der Waals surface area (Å²) in [5, 5.41) is 10.1. The third-order valence-corrected chi connectivity index (χ3v) is 2.30. The van der Waals surface area contributed by atoms with E-state index in [9.17, 15) is 0 Å². The molecule has 0 atom stereocenters. The van der Waals surface area contributed by atoms with Gasteiger partial charge in [-0.2, -0.15) is 0 Å². The van der Waals surface area contributed by atoms with Gasteiger partial charge in [-0.15, -0.1) is 33.9 Å². The van der Waals surface area contributed by atoms with Crippen molar-refractivity contribution in [2.45, 2.75) is 19.8 Å². The lowest BCUT2D eigenvalue weighted by Crippen LogP contribution is -2.01. The van der Waals surface area contributed by atoms with Crippen molar-refractivity contribution in [3.63, 3.8) is 0 Å². The van der Waals surface area contributed by atoms with Crippen molar-refractivity contribution in [3.8, 4) is 0 Å². The van der Waals surface area contributed by atoms with Crippen molar-refractivity contribution in [3.05, 3.63) is 10.0 Å². The monoisotopic (exact) mass is 193 g/mol. The molecule has 0 aliphatic carbocycles. The smallest absolute Gasteiger partial charge is 0.118 e. The van der Waals surface area contributed by atoms with Gasteiger partial charge in [-0.05, 0) is 13.0 Å². The van der Waals surface area contributed by atoms with E-state index in [1.807, 2.05) is 0 Å². The van der Waals surface area contributed by atoms with Gasteiger partial charge in [0.15, 0.2) is 0 Å². The van der Waals surface area contributed by atoms with E-state index in [0.29, 0.717) is 6.54 Å². The van der Waals surface area contributed by atoms with Gasteiger partial charge in [-0.3, -0.25) is 0 Å². The van der Waals surface area contributed by atoms with Crippen LogP contribution in [0, 0.1) is 0 Å². The van der Waals surface area contributed by atoms with E-state index in [1.54, 1.807) is 11.3 Å². The molecule has 0 saturated heterocycles. The normalized spacial score (nSPS) is 9.27. The van der Waals surface area contributed by atoms with Crippen LogP contribution >= 0.6 is 23.7 Å². The van der Waals surface area contributed by atoms with Gasteiger partial charge in [0.25, 0.3) is 0 Å². The molecule has 0 bridgehead atoms. The fourth-order valence-corrected chi connectivity index (χ4v) is 1.46. The van der Waals surface area contributed by atoms with Crippen molar-refractivity contribution in [2.75, 3.05) is 6.54 Å². The van der Waals surface area contributed by atoms with Gasteiger partial charge in [0.05, 0.1) is 0 Å². The average molecular weight is 194 g/mol. The summed E-state index contributed by atoms with van der Waals surface area (Å²) < 4.78 is 0. The minimum Gasteiger partial charge on any atom is -0.330 e. The van der Waals surface area contributed by atoms with Gasteiger partial charge in [-0.25, -0.2) is 0 Å². The highest BCUT2D eigenvalue weighted by Crippen LogP contribution is 2.09. The highest BCUT2D eigenvalue weighted by Gasteiger charge is 1.99. The maximum absolute atomic E-state index is 5.35. The predicted octanol–water partition coefficient (Wildman–Crippen LogP) is 1.02. The maximum atomic E-state index is 5.35. The van der Waals surface area contributed by atoms with Crippen LogP contribution in [0.1, 0.15) is 16.9 Å². The van der Waals surface area contributed by atoms with Crippen LogP contribution in [0.5, 0.6) is 0 Å². The van der Waals surface area contributed by atoms with E-state index in [2.05, 4.69) is 17.1 Å². The molecule has 1 aromatic rings. The molecular weight excluding hydrogens is 182 g/mol. The molecule has 1 heterocycles. The number of nitrogens with two attached hydrogens (primary N) is 1. The predicted molar refractivity (Wildman–Crippen MR) is 49.3 cm³/mol. The fourth-order valence-electron chi connectivity index (χ4n) is 0.656. The first-order valence-electron chi connectivity index (χ1n) is 3.38. The summed E-state index contributed by atoms with van der Waals surface area (Å²) in [6, 6.07) is 0. The van der Waals surface area contributed by atoms with E-state index in [0.717, 1.165) is 22.9 Å². The topological polar surface area (TPSA) is 51.8 Å². The molecule has 1 aromatic heterocycles. The molecular formula is C6H12ClN3S. The quantitative estimate of drug-likeness (QED) is 0.780. The Morgan fingerprint density at radius 3 is 2.45 bits per heavy atom. The molecule has 1 rings (SSSR count). The fraction of sp³-hybridized carbons (Fsp3) is 0.667. The summed E-state index contributed by atoms with van der Waals surface area (Å²) in [5.41, 5.74) is 5.35. The summed E-state index contributed by atoms with van der Waals surface area (Å²) in [5.74, 6) is 0. The van der Waals surface area contributed by atoms with Gasteiger partial charge in [0.1, 0.15) is 10.0 Å². The Bertz CT molecular complexity index is 201. The standard InChI is InChI=1S/C6H11N3S.ClH/c1-2-5-8-9-6(10-5)3-4-7;/h2-4,7H2,1H3;1H. The van der Waals surface area contributed by atoms with Gasteiger partial charge in [0, 0.05) is 6.42 Å². The Hall–Kier alpha value is -0.190. The van der Waals surface area contributed by atoms with Crippen LogP contribution in [0.4, 0.5) is 0 Å². The zero-order chi connectivity index (χ0) is 7.40. The summed E-state index contributed by atoms with van der Waals surface area (Å²) in [6.45, 7) is 2.74. The lowest BCUT2D eigenvalue weighted by atomic mass is 10.5. The summed E-state index contributed by atoms with van der Waals surface area (Å²) >= 11 is 1.66. The largest absolute Gasteiger partial charge is 0.330 e. The second-order valence-electron chi connectivity index (χ2n) is 1.98. The van der Waals surface area contributed by atoms with E-state index in [4.69, 9.17) is 5.73 Å². The number of hydrogen-bond acceptors (Lipinski definition) is 4. The molecule has 11 heavy (non-hydrogen) atoms. The third kappa shape index (κ3) is 3.14. The van der Waals surface area contributed by atoms with Crippen molar-refractivity contribution < 1.29 is 0 Å². The molecule has 0 radical (unpaired) electrons. The summed E-state index contributed by atoms with van der Waals surface area (Å²) in [6.07, 6.45) is 1.83. The van der Waals surface area contributed by atoms with Gasteiger partial charge >= 0.3 is 0 Å². The second kappa shape index (κ2) is 5.46. The molecule has 0 spiro atoms. The maximum Gasteiger partial charge on any atom is 0.118 e. The van der Waals surface area contributed by atoms with Crippen LogP contribution < -0.4 is 5.73 Å². The molecule has 0 amide bonds. The van der Waals surface area contributed by atoms with E-state index < -0.39 is 0 Å². The first-order valence-corrected chi connectivity index (χ1v) is 4.19. The van der Waals surface area contributed by atoms with E-state index in [-0.39, 0.29) is 12.4 Å². The second-order valence-corrected chi connectivity index (χ2v) is 3.13. The molecule has 64 valence electrons. The molecule has 0 aliphatic heterocycles. The highest BCUT2D eigenvalue weighted by atomic mass is 35.5. The van der Waals surface area contributed by atoms with Crippen molar-refractivity contribution >= 4 is 23.7 Å². The van der Waals surface area contributed by atoms with Gasteiger partial charge in [-0.1, -0.05) is 6.92 Å². The molecule has 0 aromatic carbocycles. The number of halogens is 1. The molecule has 0 aliphatic rings. The average Bonchev–Trinajstić information content (AvgIpc) is 2.37. The Morgan fingerprint density at radius 2 is 2.00 bits per heavy atom. The zero-order valence-electron chi connectivity index (χ0n) is 6.41. The highest BCUT2D eigenvalue weighted by molar-refractivity contribution is 7.11. The third-order valence-electron chi connectivity index (χ3n) is 1.17. The Morgan fingerprint density at radius 1 is 1.36 bits per heavy atom. The minimum atomic E-state index is 0.